The van der Waals surface area contributed by atoms with E-state index < -0.39 is 23.3 Å². The van der Waals surface area contributed by atoms with Crippen LogP contribution < -0.4 is 0 Å². The molecule has 0 aliphatic carbocycles. The molecular formula is C27H19F4IrN6. The summed E-state index contributed by atoms with van der Waals surface area (Å²) >= 11 is 0. The van der Waals surface area contributed by atoms with Crippen LogP contribution in [0.25, 0.3) is 33.8 Å². The van der Waals surface area contributed by atoms with Crippen molar-refractivity contribution in [1.29, 1.82) is 5.26 Å². The fourth-order valence-electron chi connectivity index (χ4n) is 3.25. The first-order chi connectivity index (χ1) is 17.7. The predicted octanol–water partition coefficient (Wildman–Crippen LogP) is 5.80. The van der Waals surface area contributed by atoms with Crippen LogP contribution in [0.5, 0.6) is 0 Å². The maximum absolute atomic E-state index is 14.0. The number of pyridine rings is 1. The Bertz CT molecular complexity index is 1510. The summed E-state index contributed by atoms with van der Waals surface area (Å²) in [5.74, 6) is -1.93. The Morgan fingerprint density at radius 1 is 0.842 bits per heavy atom. The molecule has 0 fully saturated rings. The normalized spacial score (nSPS) is 9.92. The number of nitrogens with zero attached hydrogens (tertiary/aromatic N) is 6. The van der Waals surface area contributed by atoms with E-state index in [1.54, 1.807) is 59.3 Å². The Morgan fingerprint density at radius 3 is 2.03 bits per heavy atom. The average Bonchev–Trinajstić information content (AvgIpc) is 3.46. The van der Waals surface area contributed by atoms with Gasteiger partial charge in [-0.25, -0.2) is 0 Å². The standard InChI is InChI=1S/C15H13F2N4.C11H6F2N.CN.Ir/c1-9-19-15(7-21(9)3)11-4-10(12(16)5-13(11)17)14-6-20(2)8-18-14;12-8-4-5-9(10(13)7-8)11-3-1-2-6-14-11;1-2;/h5-8H,1-3H3;1-4,6-7H;;/q3*-1;+3. The average molecular weight is 696 g/mol. The topological polar surface area (TPSA) is 72.3 Å². The van der Waals surface area contributed by atoms with Gasteiger partial charge in [-0.1, -0.05) is 41.0 Å². The molecule has 0 atom stereocenters. The molecule has 0 bridgehead atoms. The van der Waals surface area contributed by atoms with Crippen LogP contribution in [0.2, 0.25) is 0 Å². The molecule has 0 spiro atoms. The molecule has 0 saturated heterocycles. The van der Waals surface area contributed by atoms with E-state index in [0.717, 1.165) is 24.0 Å². The SMILES string of the molecule is Cc1nc(-c2[c-]c(-c3cn(C)cn3)c(F)cc2F)cn1C.Fc1c[c-]c(-c2ccccn2)c(F)c1.[C-]#N.[Ir+3]. The second-order valence-electron chi connectivity index (χ2n) is 7.68. The van der Waals surface area contributed by atoms with Crippen LogP contribution in [-0.4, -0.2) is 24.1 Å². The maximum Gasteiger partial charge on any atom is 3.00 e. The van der Waals surface area contributed by atoms with Gasteiger partial charge in [-0.2, -0.15) is 0 Å². The third-order valence-electron chi connectivity index (χ3n) is 5.09. The molecule has 0 saturated carbocycles. The number of aryl methyl sites for hydroxylation is 3. The van der Waals surface area contributed by atoms with Gasteiger partial charge in [0.25, 0.3) is 0 Å². The van der Waals surface area contributed by atoms with Crippen molar-refractivity contribution in [3.8, 4) is 33.8 Å². The molecule has 5 aromatic rings. The summed E-state index contributed by atoms with van der Waals surface area (Å²) in [6.07, 6.45) is 6.44. The summed E-state index contributed by atoms with van der Waals surface area (Å²) < 4.78 is 57.3. The van der Waals surface area contributed by atoms with Crippen LogP contribution >= 0.6 is 0 Å². The van der Waals surface area contributed by atoms with E-state index in [4.69, 9.17) is 11.8 Å². The van der Waals surface area contributed by atoms with Gasteiger partial charge in [0.2, 0.25) is 0 Å². The zero-order valence-corrected chi connectivity index (χ0v) is 22.7. The maximum atomic E-state index is 14.0. The summed E-state index contributed by atoms with van der Waals surface area (Å²) in [7, 11) is 3.59. The third kappa shape index (κ3) is 7.00. The van der Waals surface area contributed by atoms with Crippen molar-refractivity contribution in [2.24, 2.45) is 14.1 Å². The Hall–Kier alpha value is -4.13. The first-order valence-corrected chi connectivity index (χ1v) is 10.6. The molecule has 0 unspecified atom stereocenters. The van der Waals surface area contributed by atoms with Crippen molar-refractivity contribution in [3.05, 3.63) is 109 Å². The van der Waals surface area contributed by atoms with Crippen molar-refractivity contribution >= 4 is 0 Å². The Balaban J connectivity index is 0.000000261. The summed E-state index contributed by atoms with van der Waals surface area (Å²) in [6, 6.07) is 13.1. The first-order valence-electron chi connectivity index (χ1n) is 10.6. The number of imidazole rings is 2. The minimum absolute atomic E-state index is 0. The van der Waals surface area contributed by atoms with Gasteiger partial charge >= 0.3 is 20.1 Å². The summed E-state index contributed by atoms with van der Waals surface area (Å²) in [6.45, 7) is 6.56. The molecule has 0 aliphatic rings. The van der Waals surface area contributed by atoms with E-state index in [0.29, 0.717) is 17.1 Å². The molecule has 0 amide bonds. The van der Waals surface area contributed by atoms with Gasteiger partial charge < -0.3 is 26.0 Å². The fraction of sp³-hybridized carbons (Fsp3) is 0.111. The van der Waals surface area contributed by atoms with Crippen LogP contribution in [0.15, 0.2) is 61.3 Å². The molecular weight excluding hydrogens is 677 g/mol. The number of halogens is 4. The van der Waals surface area contributed by atoms with Gasteiger partial charge in [0.15, 0.2) is 0 Å². The molecule has 0 radical (unpaired) electrons. The zero-order chi connectivity index (χ0) is 27.1. The van der Waals surface area contributed by atoms with Gasteiger partial charge in [-0.15, -0.1) is 18.2 Å². The fourth-order valence-corrected chi connectivity index (χ4v) is 3.25. The molecule has 3 heterocycles. The van der Waals surface area contributed by atoms with E-state index in [-0.39, 0.29) is 36.8 Å². The third-order valence-corrected chi connectivity index (χ3v) is 5.09. The molecule has 38 heavy (non-hydrogen) atoms. The predicted molar refractivity (Wildman–Crippen MR) is 128 cm³/mol. The molecule has 2 aromatic carbocycles. The van der Waals surface area contributed by atoms with Crippen molar-refractivity contribution in [2.45, 2.75) is 6.92 Å². The number of hydrogen-bond acceptors (Lipinski definition) is 4. The van der Waals surface area contributed by atoms with E-state index in [2.05, 4.69) is 27.1 Å². The van der Waals surface area contributed by atoms with Crippen molar-refractivity contribution in [3.63, 3.8) is 0 Å². The van der Waals surface area contributed by atoms with Crippen LogP contribution in [0.1, 0.15) is 5.82 Å². The van der Waals surface area contributed by atoms with Crippen LogP contribution in [0.4, 0.5) is 17.6 Å². The first kappa shape index (κ1) is 30.1. The number of rotatable bonds is 3. The minimum Gasteiger partial charge on any atom is -0.512 e. The molecule has 11 heteroatoms. The quantitative estimate of drug-likeness (QED) is 0.177. The number of aromatic nitrogens is 5. The van der Waals surface area contributed by atoms with E-state index in [9.17, 15) is 17.6 Å². The van der Waals surface area contributed by atoms with Gasteiger partial charge in [-0.05, 0) is 31.1 Å². The minimum atomic E-state index is -0.692. The summed E-state index contributed by atoms with van der Waals surface area (Å²) in [5.41, 5.74) is 1.74. The molecule has 0 N–H and O–H groups in total. The Kier molecular flexibility index (Phi) is 10.6. The molecule has 5 rings (SSSR count). The number of benzene rings is 2. The van der Waals surface area contributed by atoms with Crippen LogP contribution in [-0.2, 0) is 34.2 Å². The molecule has 194 valence electrons. The van der Waals surface area contributed by atoms with E-state index >= 15 is 0 Å². The van der Waals surface area contributed by atoms with E-state index in [1.165, 1.54) is 0 Å². The second kappa shape index (κ2) is 13.4. The van der Waals surface area contributed by atoms with Gasteiger partial charge in [-0.3, -0.25) is 27.5 Å². The van der Waals surface area contributed by atoms with Crippen LogP contribution in [0.3, 0.4) is 0 Å². The number of hydrogen-bond donors (Lipinski definition) is 0. The monoisotopic (exact) mass is 696 g/mol. The Labute approximate surface area is 230 Å². The van der Waals surface area contributed by atoms with Gasteiger partial charge in [0.05, 0.1) is 23.8 Å². The van der Waals surface area contributed by atoms with Crippen LogP contribution in [0, 0.1) is 54.2 Å². The van der Waals surface area contributed by atoms with Crippen molar-refractivity contribution < 1.29 is 37.7 Å². The van der Waals surface area contributed by atoms with Gasteiger partial charge in [0.1, 0.15) is 0 Å². The molecule has 3 aromatic heterocycles. The molecule has 6 nitrogen and oxygen atoms in total. The summed E-state index contributed by atoms with van der Waals surface area (Å²) in [4.78, 5) is 12.3. The largest absolute Gasteiger partial charge is 3.00 e. The van der Waals surface area contributed by atoms with Crippen molar-refractivity contribution in [1.82, 2.24) is 24.1 Å². The Morgan fingerprint density at radius 2 is 1.50 bits per heavy atom. The van der Waals surface area contributed by atoms with E-state index in [1.807, 2.05) is 14.0 Å². The summed E-state index contributed by atoms with van der Waals surface area (Å²) in [5, 5.41) is 6.25. The van der Waals surface area contributed by atoms with Crippen molar-refractivity contribution in [2.75, 3.05) is 0 Å². The zero-order valence-electron chi connectivity index (χ0n) is 20.3. The smallest absolute Gasteiger partial charge is 0.512 e. The molecule has 0 aliphatic heterocycles. The second-order valence-corrected chi connectivity index (χ2v) is 7.68. The van der Waals surface area contributed by atoms with Gasteiger partial charge in [0, 0.05) is 43.3 Å².